The maximum absolute atomic E-state index is 12.7. The van der Waals surface area contributed by atoms with Crippen LogP contribution in [-0.4, -0.2) is 68.5 Å². The SMILES string of the molecule is CC/C=C\C/C=C\C/C=C\C/C=C\C/C=C\C/C=C\CCCCCCCCCCCCCCCCC(=O)NC(COP(=O)([O-])OCC[N+](C)(C)C)C(O)/C=C/CCC. The quantitative estimate of drug-likeness (QED) is 0.0276. The molecule has 58 heavy (non-hydrogen) atoms. The average molecular weight is 831 g/mol. The summed E-state index contributed by atoms with van der Waals surface area (Å²) >= 11 is 0. The minimum Gasteiger partial charge on any atom is -0.756 e. The van der Waals surface area contributed by atoms with Crippen molar-refractivity contribution >= 4 is 13.7 Å². The molecule has 0 aliphatic carbocycles. The lowest BCUT2D eigenvalue weighted by Crippen LogP contribution is -2.45. The van der Waals surface area contributed by atoms with E-state index in [-0.39, 0.29) is 19.1 Å². The van der Waals surface area contributed by atoms with Crippen LogP contribution in [-0.2, 0) is 18.4 Å². The Labute approximate surface area is 356 Å². The van der Waals surface area contributed by atoms with Gasteiger partial charge in [-0.15, -0.1) is 0 Å². The van der Waals surface area contributed by atoms with Crippen molar-refractivity contribution in [3.8, 4) is 0 Å². The highest BCUT2D eigenvalue weighted by Gasteiger charge is 2.23. The molecule has 0 rings (SSSR count). The van der Waals surface area contributed by atoms with Crippen LogP contribution in [0.15, 0.2) is 85.1 Å². The Kier molecular flexibility index (Phi) is 38.5. The van der Waals surface area contributed by atoms with Crippen molar-refractivity contribution < 1.29 is 32.9 Å². The van der Waals surface area contributed by atoms with Gasteiger partial charge in [-0.3, -0.25) is 9.36 Å². The van der Waals surface area contributed by atoms with Crippen molar-refractivity contribution in [2.24, 2.45) is 0 Å². The molecule has 0 aliphatic rings. The number of carbonyl (C=O) groups is 1. The van der Waals surface area contributed by atoms with Gasteiger partial charge in [-0.05, 0) is 64.2 Å². The van der Waals surface area contributed by atoms with Crippen molar-refractivity contribution in [2.75, 3.05) is 40.9 Å². The maximum atomic E-state index is 12.7. The monoisotopic (exact) mass is 831 g/mol. The van der Waals surface area contributed by atoms with Gasteiger partial charge >= 0.3 is 0 Å². The Morgan fingerprint density at radius 1 is 0.621 bits per heavy atom. The molecule has 0 aromatic carbocycles. The summed E-state index contributed by atoms with van der Waals surface area (Å²) < 4.78 is 22.9. The molecule has 0 fully saturated rings. The number of rotatable bonds is 40. The zero-order valence-corrected chi connectivity index (χ0v) is 38.6. The zero-order chi connectivity index (χ0) is 42.8. The summed E-state index contributed by atoms with van der Waals surface area (Å²) in [6.45, 7) is 4.29. The van der Waals surface area contributed by atoms with Gasteiger partial charge in [0.25, 0.3) is 7.82 Å². The van der Waals surface area contributed by atoms with E-state index in [0.29, 0.717) is 17.4 Å². The molecule has 1 amide bonds. The van der Waals surface area contributed by atoms with Gasteiger partial charge in [0.2, 0.25) is 5.91 Å². The number of allylic oxidation sites excluding steroid dienone is 13. The third-order valence-corrected chi connectivity index (χ3v) is 10.6. The first-order chi connectivity index (χ1) is 28.0. The van der Waals surface area contributed by atoms with Crippen LogP contribution in [0.2, 0.25) is 0 Å². The van der Waals surface area contributed by atoms with Gasteiger partial charge in [-0.25, -0.2) is 0 Å². The minimum absolute atomic E-state index is 0.00596. The van der Waals surface area contributed by atoms with Crippen molar-refractivity contribution in [1.82, 2.24) is 5.32 Å². The number of likely N-dealkylation sites (N-methyl/N-ethyl adjacent to an activating group) is 1. The summed E-state index contributed by atoms with van der Waals surface area (Å²) in [6, 6.07) is -0.885. The van der Waals surface area contributed by atoms with E-state index in [1.807, 2.05) is 34.1 Å². The normalized spacial score (nSPS) is 15.1. The molecule has 334 valence electrons. The lowest BCUT2D eigenvalue weighted by molar-refractivity contribution is -0.870. The summed E-state index contributed by atoms with van der Waals surface area (Å²) in [5.41, 5.74) is 0. The van der Waals surface area contributed by atoms with Gasteiger partial charge in [0.15, 0.2) is 0 Å². The van der Waals surface area contributed by atoms with E-state index in [9.17, 15) is 19.4 Å². The van der Waals surface area contributed by atoms with Crippen molar-refractivity contribution in [2.45, 2.75) is 180 Å². The van der Waals surface area contributed by atoms with Crippen LogP contribution < -0.4 is 10.2 Å². The number of phosphoric acid groups is 1. The number of unbranched alkanes of at least 4 members (excludes halogenated alkanes) is 15. The Balaban J connectivity index is 3.82. The summed E-state index contributed by atoms with van der Waals surface area (Å²) in [5.74, 6) is -0.215. The molecular weight excluding hydrogens is 744 g/mol. The molecule has 3 unspecified atom stereocenters. The van der Waals surface area contributed by atoms with Crippen LogP contribution in [0.3, 0.4) is 0 Å². The number of aliphatic hydroxyl groups excluding tert-OH is 1. The van der Waals surface area contributed by atoms with Crippen LogP contribution in [0.1, 0.15) is 168 Å². The van der Waals surface area contributed by atoms with Crippen LogP contribution in [0.4, 0.5) is 0 Å². The van der Waals surface area contributed by atoms with Crippen LogP contribution >= 0.6 is 7.82 Å². The average Bonchev–Trinajstić information content (AvgIpc) is 3.17. The van der Waals surface area contributed by atoms with Crippen molar-refractivity contribution in [3.05, 3.63) is 85.1 Å². The first-order valence-corrected chi connectivity index (χ1v) is 24.4. The Morgan fingerprint density at radius 2 is 1.05 bits per heavy atom. The predicted molar refractivity (Wildman–Crippen MR) is 246 cm³/mol. The Morgan fingerprint density at radius 3 is 1.50 bits per heavy atom. The number of phosphoric ester groups is 1. The van der Waals surface area contributed by atoms with E-state index in [1.54, 1.807) is 6.08 Å². The molecule has 0 saturated carbocycles. The van der Waals surface area contributed by atoms with Gasteiger partial charge in [0.1, 0.15) is 13.2 Å². The number of nitrogens with one attached hydrogen (secondary N) is 1. The smallest absolute Gasteiger partial charge is 0.268 e. The minimum atomic E-state index is -4.57. The second-order valence-corrected chi connectivity index (χ2v) is 17.8. The molecule has 0 heterocycles. The number of carbonyl (C=O) groups excluding carboxylic acids is 1. The molecular formula is C49H87N2O6P. The van der Waals surface area contributed by atoms with E-state index in [4.69, 9.17) is 9.05 Å². The van der Waals surface area contributed by atoms with Crippen LogP contribution in [0.5, 0.6) is 0 Å². The van der Waals surface area contributed by atoms with Crippen LogP contribution in [0.25, 0.3) is 0 Å². The maximum Gasteiger partial charge on any atom is 0.268 e. The highest BCUT2D eigenvalue weighted by Crippen LogP contribution is 2.38. The second kappa shape index (κ2) is 40.1. The Hall–Kier alpha value is -2.32. The molecule has 0 aliphatic heterocycles. The fraction of sp³-hybridized carbons (Fsp3) is 0.694. The number of hydrogen-bond acceptors (Lipinski definition) is 6. The first-order valence-electron chi connectivity index (χ1n) is 22.9. The predicted octanol–water partition coefficient (Wildman–Crippen LogP) is 12.3. The molecule has 3 atom stereocenters. The number of quaternary nitrogens is 1. The number of nitrogens with zero attached hydrogens (tertiary/aromatic N) is 1. The highest BCUT2D eigenvalue weighted by atomic mass is 31.2. The number of aliphatic hydroxyl groups is 1. The molecule has 0 bridgehead atoms. The zero-order valence-electron chi connectivity index (χ0n) is 37.7. The van der Waals surface area contributed by atoms with Crippen LogP contribution in [0, 0.1) is 0 Å². The van der Waals surface area contributed by atoms with Crippen molar-refractivity contribution in [1.29, 1.82) is 0 Å². The highest BCUT2D eigenvalue weighted by molar-refractivity contribution is 7.45. The number of amides is 1. The van der Waals surface area contributed by atoms with Crippen molar-refractivity contribution in [3.63, 3.8) is 0 Å². The summed E-state index contributed by atoms with van der Waals surface area (Å²) in [4.78, 5) is 24.9. The molecule has 9 heteroatoms. The molecule has 0 saturated heterocycles. The van der Waals surface area contributed by atoms with E-state index in [1.165, 1.54) is 77.0 Å². The van der Waals surface area contributed by atoms with E-state index < -0.39 is 20.0 Å². The third-order valence-electron chi connectivity index (χ3n) is 9.59. The molecule has 8 nitrogen and oxygen atoms in total. The van der Waals surface area contributed by atoms with Gasteiger partial charge in [-0.1, -0.05) is 182 Å². The molecule has 0 spiro atoms. The second-order valence-electron chi connectivity index (χ2n) is 16.4. The fourth-order valence-electron chi connectivity index (χ4n) is 5.99. The molecule has 0 radical (unpaired) electrons. The largest absolute Gasteiger partial charge is 0.756 e. The molecule has 0 aromatic heterocycles. The lowest BCUT2D eigenvalue weighted by atomic mass is 10.0. The van der Waals surface area contributed by atoms with Gasteiger partial charge in [0, 0.05) is 6.42 Å². The number of hydrogen-bond donors (Lipinski definition) is 2. The fourth-order valence-corrected chi connectivity index (χ4v) is 6.71. The van der Waals surface area contributed by atoms with E-state index in [2.05, 4.69) is 85.2 Å². The van der Waals surface area contributed by atoms with Gasteiger partial charge < -0.3 is 28.8 Å². The summed E-state index contributed by atoms with van der Waals surface area (Å²) in [7, 11) is 1.24. The topological polar surface area (TPSA) is 108 Å². The first kappa shape index (κ1) is 55.7. The molecule has 0 aromatic rings. The van der Waals surface area contributed by atoms with E-state index >= 15 is 0 Å². The van der Waals surface area contributed by atoms with E-state index in [0.717, 1.165) is 70.6 Å². The summed E-state index contributed by atoms with van der Waals surface area (Å²) in [5, 5.41) is 13.4. The standard InChI is InChI=1S/C49H87N2O6P/c1-6-8-10-11-12-13-14-15-16-17-18-19-20-21-22-23-24-25-26-27-28-29-30-31-32-33-34-35-36-37-38-39-41-43-49(53)50-47(48(52)42-40-9-7-2)46-57-58(54,55)56-45-44-51(3,4)5/h8,10,12-13,15-16,18-19,21-22,24-25,40,42,47-48,52H,6-7,9,11,14,17,20,23,26-39,41,43-46H2,1-5H3,(H-,50,53,54,55)/b10-8-,13-12-,16-15-,19-18-,22-21-,25-24-,42-40+. The lowest BCUT2D eigenvalue weighted by Gasteiger charge is -2.29. The van der Waals surface area contributed by atoms with Gasteiger partial charge in [0.05, 0.1) is 39.9 Å². The van der Waals surface area contributed by atoms with Gasteiger partial charge in [-0.2, -0.15) is 0 Å². The third kappa shape index (κ3) is 41.8. The Bertz CT molecular complexity index is 1220. The summed E-state index contributed by atoms with van der Waals surface area (Å²) in [6.07, 6.45) is 56.0. The molecule has 2 N–H and O–H groups in total.